The van der Waals surface area contributed by atoms with E-state index in [0.29, 0.717) is 69.8 Å². The van der Waals surface area contributed by atoms with E-state index in [9.17, 15) is 14.2 Å². The van der Waals surface area contributed by atoms with Gasteiger partial charge in [0.05, 0.1) is 29.9 Å². The zero-order chi connectivity index (χ0) is 36.5. The first-order chi connectivity index (χ1) is 24.2. The van der Waals surface area contributed by atoms with E-state index < -0.39 is 31.4 Å². The first-order valence-corrected chi connectivity index (χ1v) is 18.1. The summed E-state index contributed by atoms with van der Waals surface area (Å²) in [5, 5.41) is 6.48. The molecule has 0 saturated carbocycles. The quantitative estimate of drug-likeness (QED) is 0.148. The molecule has 5 aromatic rings. The SMILES string of the molecule is Cc1ccccc1[P+](=O)Oc1ccc2c(c1)c(-c1cc3cc(OCCN4CCOCC4)ccc3n1C(=O)OC(C)(C)C)nn2C(=O)OC(C)(C)C. The fourth-order valence-electron chi connectivity index (χ4n) is 5.78. The van der Waals surface area contributed by atoms with E-state index in [2.05, 4.69) is 4.90 Å². The van der Waals surface area contributed by atoms with Crippen molar-refractivity contribution in [1.82, 2.24) is 19.2 Å². The Kier molecular flexibility index (Phi) is 10.2. The van der Waals surface area contributed by atoms with Crippen molar-refractivity contribution in [2.45, 2.75) is 59.7 Å². The molecule has 268 valence electrons. The zero-order valence-corrected chi connectivity index (χ0v) is 31.0. The Morgan fingerprint density at radius 2 is 1.51 bits per heavy atom. The smallest absolute Gasteiger partial charge is 0.492 e. The van der Waals surface area contributed by atoms with Gasteiger partial charge < -0.3 is 18.9 Å². The Hall–Kier alpha value is -4.77. The Balaban J connectivity index is 1.45. The van der Waals surface area contributed by atoms with Crippen molar-refractivity contribution >= 4 is 47.3 Å². The number of hydrogen-bond acceptors (Lipinski definition) is 10. The highest BCUT2D eigenvalue weighted by Gasteiger charge is 2.30. The fourth-order valence-corrected chi connectivity index (χ4v) is 6.75. The highest BCUT2D eigenvalue weighted by molar-refractivity contribution is 7.48. The lowest BCUT2D eigenvalue weighted by Gasteiger charge is -2.26. The number of aryl methyl sites for hydroxylation is 1. The normalized spacial score (nSPS) is 14.5. The fraction of sp³-hybridized carbons (Fsp3) is 0.395. The molecule has 0 N–H and O–H groups in total. The zero-order valence-electron chi connectivity index (χ0n) is 30.1. The summed E-state index contributed by atoms with van der Waals surface area (Å²) in [4.78, 5) is 29.7. The molecule has 0 radical (unpaired) electrons. The largest absolute Gasteiger partial charge is 0.597 e. The second kappa shape index (κ2) is 14.5. The predicted octanol–water partition coefficient (Wildman–Crippen LogP) is 7.69. The van der Waals surface area contributed by atoms with Crippen LogP contribution in [0.3, 0.4) is 0 Å². The Bertz CT molecular complexity index is 2100. The molecule has 1 saturated heterocycles. The van der Waals surface area contributed by atoms with E-state index in [1.165, 1.54) is 9.25 Å². The summed E-state index contributed by atoms with van der Waals surface area (Å²) >= 11 is 0. The Morgan fingerprint density at radius 3 is 2.22 bits per heavy atom. The van der Waals surface area contributed by atoms with Gasteiger partial charge in [-0.15, -0.1) is 0 Å². The minimum atomic E-state index is -2.25. The van der Waals surface area contributed by atoms with Crippen LogP contribution in [0, 0.1) is 6.92 Å². The molecule has 1 aliphatic heterocycles. The van der Waals surface area contributed by atoms with Crippen LogP contribution in [-0.4, -0.2) is 82.1 Å². The number of fused-ring (bicyclic) bond motifs is 2. The number of carbonyl (C=O) groups excluding carboxylic acids is 2. The summed E-state index contributed by atoms with van der Waals surface area (Å²) in [5.41, 5.74) is 0.883. The lowest BCUT2D eigenvalue weighted by Crippen LogP contribution is -2.38. The molecule has 6 rings (SSSR count). The van der Waals surface area contributed by atoms with Crippen LogP contribution in [-0.2, 0) is 18.8 Å². The monoisotopic (exact) mass is 715 g/mol. The van der Waals surface area contributed by atoms with E-state index >= 15 is 0 Å². The number of carbonyl (C=O) groups is 2. The molecule has 13 heteroatoms. The number of benzene rings is 3. The number of rotatable bonds is 8. The molecule has 3 aromatic carbocycles. The van der Waals surface area contributed by atoms with Crippen molar-refractivity contribution in [3.05, 3.63) is 72.3 Å². The summed E-state index contributed by atoms with van der Waals surface area (Å²) in [7, 11) is -2.25. The third-order valence-electron chi connectivity index (χ3n) is 8.09. The van der Waals surface area contributed by atoms with Gasteiger partial charge in [-0.1, -0.05) is 18.2 Å². The van der Waals surface area contributed by atoms with Crippen LogP contribution in [0.15, 0.2) is 66.7 Å². The van der Waals surface area contributed by atoms with Crippen molar-refractivity contribution in [2.75, 3.05) is 39.5 Å². The third-order valence-corrected chi connectivity index (χ3v) is 9.36. The van der Waals surface area contributed by atoms with E-state index in [1.54, 1.807) is 77.9 Å². The average molecular weight is 716 g/mol. The van der Waals surface area contributed by atoms with Gasteiger partial charge in [-0.05, 0) is 102 Å². The summed E-state index contributed by atoms with van der Waals surface area (Å²) in [6.45, 7) is 17.0. The molecule has 3 heterocycles. The molecule has 0 aliphatic carbocycles. The standard InChI is InChI=1S/C38H44N4O8P/c1-25-10-8-9-11-33(25)51(45)50-28-13-15-31-29(24-28)34(39-42(31)36(44)49-38(5,6)7)32-23-26-22-27(47-21-18-40-16-19-46-20-17-40)12-14-30(26)41(32)35(43)48-37(2,3)4/h8-15,22-24H,16-21H2,1-7H3/q+1. The van der Waals surface area contributed by atoms with Gasteiger partial charge in [0.2, 0.25) is 5.30 Å². The average Bonchev–Trinajstić information content (AvgIpc) is 3.62. The number of ether oxygens (including phenoxy) is 4. The molecule has 0 spiro atoms. The lowest BCUT2D eigenvalue weighted by molar-refractivity contribution is 0.0322. The molecule has 0 bridgehead atoms. The van der Waals surface area contributed by atoms with Crippen LogP contribution in [0.2, 0.25) is 0 Å². The van der Waals surface area contributed by atoms with Crippen molar-refractivity contribution in [3.8, 4) is 22.9 Å². The molecule has 12 nitrogen and oxygen atoms in total. The van der Waals surface area contributed by atoms with Crippen molar-refractivity contribution < 1.29 is 37.6 Å². The summed E-state index contributed by atoms with van der Waals surface area (Å²) < 4.78 is 45.1. The maximum absolute atomic E-state index is 13.9. The lowest BCUT2D eigenvalue weighted by atomic mass is 10.1. The van der Waals surface area contributed by atoms with Crippen LogP contribution in [0.5, 0.6) is 11.5 Å². The van der Waals surface area contributed by atoms with E-state index in [-0.39, 0.29) is 0 Å². The predicted molar refractivity (Wildman–Crippen MR) is 196 cm³/mol. The maximum Gasteiger partial charge on any atom is 0.597 e. The van der Waals surface area contributed by atoms with Crippen LogP contribution >= 0.6 is 8.03 Å². The van der Waals surface area contributed by atoms with E-state index in [0.717, 1.165) is 25.2 Å². The highest BCUT2D eigenvalue weighted by Crippen LogP contribution is 2.38. The molecule has 2 aromatic heterocycles. The van der Waals surface area contributed by atoms with Gasteiger partial charge in [0.1, 0.15) is 29.3 Å². The molecule has 1 atom stereocenters. The number of morpholine rings is 1. The van der Waals surface area contributed by atoms with Gasteiger partial charge in [-0.2, -0.15) is 9.78 Å². The van der Waals surface area contributed by atoms with Crippen molar-refractivity contribution in [3.63, 3.8) is 0 Å². The first-order valence-electron chi connectivity index (χ1n) is 17.0. The van der Waals surface area contributed by atoms with Crippen molar-refractivity contribution in [1.29, 1.82) is 0 Å². The van der Waals surface area contributed by atoms with Gasteiger partial charge in [-0.3, -0.25) is 9.42 Å². The van der Waals surface area contributed by atoms with Gasteiger partial charge >= 0.3 is 20.2 Å². The maximum atomic E-state index is 13.9. The number of nitrogens with zero attached hydrogens (tertiary/aromatic N) is 4. The second-order valence-corrected chi connectivity index (χ2v) is 15.6. The third kappa shape index (κ3) is 8.41. The molecule has 0 amide bonds. The van der Waals surface area contributed by atoms with Crippen LogP contribution < -0.4 is 14.6 Å². The van der Waals surface area contributed by atoms with Gasteiger partial charge in [-0.25, -0.2) is 14.2 Å². The minimum Gasteiger partial charge on any atom is -0.492 e. The van der Waals surface area contributed by atoms with Gasteiger partial charge in [0.15, 0.2) is 5.75 Å². The number of hydrogen-bond donors (Lipinski definition) is 0. The molecule has 1 unspecified atom stereocenters. The minimum absolute atomic E-state index is 0.296. The first kappa shape index (κ1) is 36.0. The molecular formula is C38H44N4O8P+. The van der Waals surface area contributed by atoms with E-state index in [4.69, 9.17) is 28.6 Å². The number of aromatic nitrogens is 3. The van der Waals surface area contributed by atoms with E-state index in [1.807, 2.05) is 37.3 Å². The van der Waals surface area contributed by atoms with Crippen LogP contribution in [0.25, 0.3) is 33.2 Å². The molecule has 51 heavy (non-hydrogen) atoms. The topological polar surface area (TPSA) is 123 Å². The van der Waals surface area contributed by atoms with Crippen molar-refractivity contribution in [2.24, 2.45) is 0 Å². The van der Waals surface area contributed by atoms with Gasteiger partial charge in [0, 0.05) is 36.0 Å². The summed E-state index contributed by atoms with van der Waals surface area (Å²) in [5.74, 6) is 0.941. The highest BCUT2D eigenvalue weighted by atomic mass is 31.1. The Morgan fingerprint density at radius 1 is 0.843 bits per heavy atom. The molecular weight excluding hydrogens is 671 g/mol. The Labute approximate surface area is 298 Å². The van der Waals surface area contributed by atoms with Gasteiger partial charge in [0.25, 0.3) is 0 Å². The van der Waals surface area contributed by atoms with Crippen LogP contribution in [0.4, 0.5) is 9.59 Å². The van der Waals surface area contributed by atoms with Crippen LogP contribution in [0.1, 0.15) is 47.1 Å². The second-order valence-electron chi connectivity index (χ2n) is 14.4. The molecule has 1 fully saturated rings. The molecule has 1 aliphatic rings. The summed E-state index contributed by atoms with van der Waals surface area (Å²) in [6.07, 6.45) is -1.32. The summed E-state index contributed by atoms with van der Waals surface area (Å²) in [6, 6.07) is 19.6.